The van der Waals surface area contributed by atoms with Gasteiger partial charge in [-0.2, -0.15) is 0 Å². The van der Waals surface area contributed by atoms with Crippen LogP contribution in [0, 0.1) is 35.0 Å². The van der Waals surface area contributed by atoms with E-state index in [0.717, 1.165) is 50.0 Å². The number of aliphatic hydroxyl groups is 2. The molecule has 7 atom stereocenters. The van der Waals surface area contributed by atoms with Crippen molar-refractivity contribution >= 4 is 0 Å². The molecular formula is C28H32O4. The number of aliphatic hydroxyl groups excluding tert-OH is 2. The topological polar surface area (TPSA) is 58.9 Å². The molecule has 0 aromatic heterocycles. The summed E-state index contributed by atoms with van der Waals surface area (Å²) < 4.78 is 11.3. The van der Waals surface area contributed by atoms with Crippen LogP contribution in [0.2, 0.25) is 0 Å². The van der Waals surface area contributed by atoms with Crippen LogP contribution in [0.5, 0.6) is 11.5 Å². The molecule has 2 saturated carbocycles. The second-order valence-corrected chi connectivity index (χ2v) is 10.5. The maximum absolute atomic E-state index is 11.4. The lowest BCUT2D eigenvalue weighted by Gasteiger charge is -2.52. The van der Waals surface area contributed by atoms with Gasteiger partial charge in [-0.3, -0.25) is 0 Å². The summed E-state index contributed by atoms with van der Waals surface area (Å²) in [6.07, 6.45) is 7.16. The molecule has 0 bridgehead atoms. The van der Waals surface area contributed by atoms with Crippen molar-refractivity contribution in [3.05, 3.63) is 46.6 Å². The zero-order valence-electron chi connectivity index (χ0n) is 18.9. The van der Waals surface area contributed by atoms with Gasteiger partial charge in [-0.25, -0.2) is 0 Å². The second kappa shape index (κ2) is 7.40. The summed E-state index contributed by atoms with van der Waals surface area (Å²) in [6.45, 7) is 4.46. The number of ether oxygens (including phenoxy) is 2. The minimum atomic E-state index is -0.395. The van der Waals surface area contributed by atoms with E-state index < -0.39 is 6.10 Å². The normalized spacial score (nSPS) is 39.4. The van der Waals surface area contributed by atoms with Gasteiger partial charge >= 0.3 is 0 Å². The molecular weight excluding hydrogens is 400 g/mol. The molecule has 0 amide bonds. The smallest absolute Gasteiger partial charge is 0.231 e. The molecule has 168 valence electrons. The average molecular weight is 433 g/mol. The van der Waals surface area contributed by atoms with Crippen molar-refractivity contribution in [3.63, 3.8) is 0 Å². The van der Waals surface area contributed by atoms with Crippen LogP contribution in [0.4, 0.5) is 0 Å². The molecule has 1 aromatic rings. The number of rotatable bonds is 1. The minimum Gasteiger partial charge on any atom is -0.454 e. The van der Waals surface area contributed by atoms with Gasteiger partial charge in [-0.1, -0.05) is 30.6 Å². The fraction of sp³-hybridized carbons (Fsp3) is 0.571. The number of hydrogen-bond donors (Lipinski definition) is 2. The van der Waals surface area contributed by atoms with Crippen LogP contribution >= 0.6 is 0 Å². The van der Waals surface area contributed by atoms with E-state index in [0.29, 0.717) is 11.8 Å². The molecule has 2 unspecified atom stereocenters. The van der Waals surface area contributed by atoms with Gasteiger partial charge < -0.3 is 19.7 Å². The molecule has 5 aliphatic rings. The summed E-state index contributed by atoms with van der Waals surface area (Å²) in [4.78, 5) is 0. The van der Waals surface area contributed by atoms with Crippen molar-refractivity contribution in [3.8, 4) is 23.3 Å². The molecule has 6 rings (SSSR count). The molecule has 4 aliphatic carbocycles. The first-order chi connectivity index (χ1) is 15.5. The molecule has 0 saturated heterocycles. The van der Waals surface area contributed by atoms with Gasteiger partial charge in [-0.05, 0) is 91.5 Å². The van der Waals surface area contributed by atoms with Crippen LogP contribution in [-0.2, 0) is 0 Å². The van der Waals surface area contributed by atoms with Crippen molar-refractivity contribution in [2.24, 2.45) is 23.2 Å². The molecule has 0 radical (unpaired) electrons. The van der Waals surface area contributed by atoms with Crippen LogP contribution in [0.15, 0.2) is 41.0 Å². The van der Waals surface area contributed by atoms with E-state index in [4.69, 9.17) is 9.47 Å². The lowest BCUT2D eigenvalue weighted by molar-refractivity contribution is -0.0103. The zero-order chi connectivity index (χ0) is 22.0. The average Bonchev–Trinajstić information content (AvgIpc) is 3.35. The highest BCUT2D eigenvalue weighted by Crippen LogP contribution is 2.65. The first-order valence-corrected chi connectivity index (χ1v) is 12.1. The molecule has 1 aromatic carbocycles. The van der Waals surface area contributed by atoms with Crippen molar-refractivity contribution in [2.75, 3.05) is 6.79 Å². The van der Waals surface area contributed by atoms with Crippen molar-refractivity contribution in [2.45, 2.75) is 70.5 Å². The molecule has 2 fully saturated rings. The monoisotopic (exact) mass is 432 g/mol. The standard InChI is InChI=1S/C28H32O4/c1-3-4-18-12-23-21-8-5-16-11-19(29)7-9-20(16)26(21)22(14-28(23,2)27(18)30)17-6-10-24-25(13-17)32-15-31-24/h6,10-11,13,18-19,21-23,27,29-30H,5,7-9,12,14-15H2,1-2H3/t18?,19?,21-,22+,23-,27-,28-/m0/s1. The van der Waals surface area contributed by atoms with Crippen LogP contribution < -0.4 is 9.47 Å². The Kier molecular flexibility index (Phi) is 4.72. The number of hydrogen-bond acceptors (Lipinski definition) is 4. The lowest BCUT2D eigenvalue weighted by atomic mass is 9.53. The highest BCUT2D eigenvalue weighted by Gasteiger charge is 2.59. The third-order valence-electron chi connectivity index (χ3n) is 8.99. The molecule has 1 heterocycles. The van der Waals surface area contributed by atoms with Gasteiger partial charge in [0.05, 0.1) is 12.2 Å². The van der Waals surface area contributed by atoms with E-state index in [1.54, 1.807) is 5.57 Å². The predicted molar refractivity (Wildman–Crippen MR) is 122 cm³/mol. The van der Waals surface area contributed by atoms with Crippen LogP contribution in [-0.4, -0.2) is 29.2 Å². The minimum absolute atomic E-state index is 0.0573. The van der Waals surface area contributed by atoms with Gasteiger partial charge in [0.1, 0.15) is 0 Å². The third kappa shape index (κ3) is 2.91. The van der Waals surface area contributed by atoms with E-state index in [-0.39, 0.29) is 30.1 Å². The Morgan fingerprint density at radius 1 is 1.09 bits per heavy atom. The Morgan fingerprint density at radius 2 is 1.94 bits per heavy atom. The number of allylic oxidation sites excluding steroid dienone is 3. The Balaban J connectivity index is 1.50. The molecule has 4 nitrogen and oxygen atoms in total. The summed E-state index contributed by atoms with van der Waals surface area (Å²) in [5.41, 5.74) is 5.50. The summed E-state index contributed by atoms with van der Waals surface area (Å²) in [5.74, 6) is 9.24. The third-order valence-corrected chi connectivity index (χ3v) is 8.99. The van der Waals surface area contributed by atoms with E-state index >= 15 is 0 Å². The van der Waals surface area contributed by atoms with E-state index in [1.165, 1.54) is 16.7 Å². The molecule has 0 spiro atoms. The first-order valence-electron chi connectivity index (χ1n) is 12.1. The quantitative estimate of drug-likeness (QED) is 0.631. The molecule has 1 aliphatic heterocycles. The van der Waals surface area contributed by atoms with Crippen LogP contribution in [0.1, 0.15) is 63.9 Å². The van der Waals surface area contributed by atoms with Crippen molar-refractivity contribution in [1.29, 1.82) is 0 Å². The van der Waals surface area contributed by atoms with E-state index in [2.05, 4.69) is 37.0 Å². The highest BCUT2D eigenvalue weighted by atomic mass is 16.7. The van der Waals surface area contributed by atoms with Gasteiger partial charge in [0, 0.05) is 11.8 Å². The second-order valence-electron chi connectivity index (χ2n) is 10.5. The van der Waals surface area contributed by atoms with Gasteiger partial charge in [0.25, 0.3) is 0 Å². The molecule has 32 heavy (non-hydrogen) atoms. The zero-order valence-corrected chi connectivity index (χ0v) is 18.9. The van der Waals surface area contributed by atoms with E-state index in [1.807, 2.05) is 13.0 Å². The maximum Gasteiger partial charge on any atom is 0.231 e. The Bertz CT molecular complexity index is 1070. The highest BCUT2D eigenvalue weighted by molar-refractivity contribution is 5.52. The summed E-state index contributed by atoms with van der Waals surface area (Å²) in [5, 5.41) is 21.7. The van der Waals surface area contributed by atoms with Gasteiger partial charge in [0.2, 0.25) is 6.79 Å². The van der Waals surface area contributed by atoms with Gasteiger partial charge in [0.15, 0.2) is 11.5 Å². The van der Waals surface area contributed by atoms with Crippen LogP contribution in [0.3, 0.4) is 0 Å². The Morgan fingerprint density at radius 3 is 2.78 bits per heavy atom. The number of benzene rings is 1. The largest absolute Gasteiger partial charge is 0.454 e. The summed E-state index contributed by atoms with van der Waals surface area (Å²) in [7, 11) is 0. The predicted octanol–water partition coefficient (Wildman–Crippen LogP) is 4.72. The Labute approximate surface area is 190 Å². The Hall–Kier alpha value is -2.22. The fourth-order valence-electron chi connectivity index (χ4n) is 7.56. The summed E-state index contributed by atoms with van der Waals surface area (Å²) >= 11 is 0. The number of fused-ring (bicyclic) bond motifs is 5. The lowest BCUT2D eigenvalue weighted by Crippen LogP contribution is -2.45. The van der Waals surface area contributed by atoms with Gasteiger partial charge in [-0.15, -0.1) is 5.92 Å². The SMILES string of the molecule is CC#CC1C[C@H]2[C@@H]3CCC4=CC(O)CCC4=C3[C@@H](c3ccc4c(c3)OCO4)C[C@]2(C)[C@H]1O. The fourth-order valence-corrected chi connectivity index (χ4v) is 7.56. The van der Waals surface area contributed by atoms with Crippen molar-refractivity contribution in [1.82, 2.24) is 0 Å². The maximum atomic E-state index is 11.4. The molecule has 2 N–H and O–H groups in total. The van der Waals surface area contributed by atoms with Crippen LogP contribution in [0.25, 0.3) is 0 Å². The van der Waals surface area contributed by atoms with Crippen molar-refractivity contribution < 1.29 is 19.7 Å². The molecule has 4 heteroatoms. The van der Waals surface area contributed by atoms with E-state index in [9.17, 15) is 10.2 Å². The first kappa shape index (κ1) is 20.4. The summed E-state index contributed by atoms with van der Waals surface area (Å²) in [6, 6.07) is 6.38.